The van der Waals surface area contributed by atoms with Gasteiger partial charge in [-0.15, -0.1) is 11.3 Å². The molecule has 110 valence electrons. The largest absolute Gasteiger partial charge is 0.321 e. The molecule has 1 aromatic heterocycles. The van der Waals surface area contributed by atoms with Gasteiger partial charge in [0.05, 0.1) is 21.3 Å². The van der Waals surface area contributed by atoms with Crippen LogP contribution in [0, 0.1) is 0 Å². The first-order valence-electron chi connectivity index (χ1n) is 7.01. The average Bonchev–Trinajstić information content (AvgIpc) is 2.73. The van der Waals surface area contributed by atoms with Gasteiger partial charge in [-0.3, -0.25) is 4.79 Å². The van der Waals surface area contributed by atoms with Gasteiger partial charge >= 0.3 is 0 Å². The van der Waals surface area contributed by atoms with E-state index in [9.17, 15) is 4.79 Å². The van der Waals surface area contributed by atoms with Crippen LogP contribution in [0.15, 0.2) is 23.6 Å². The number of anilines is 1. The molecular formula is C16H15Cl2NOS. The van der Waals surface area contributed by atoms with Crippen LogP contribution in [0.2, 0.25) is 10.0 Å². The van der Waals surface area contributed by atoms with Gasteiger partial charge in [-0.05, 0) is 43.4 Å². The van der Waals surface area contributed by atoms with Crippen molar-refractivity contribution in [1.29, 1.82) is 0 Å². The van der Waals surface area contributed by atoms with E-state index in [4.69, 9.17) is 23.2 Å². The van der Waals surface area contributed by atoms with Crippen molar-refractivity contribution in [2.24, 2.45) is 0 Å². The minimum atomic E-state index is -0.0985. The third-order valence-electron chi connectivity index (χ3n) is 3.76. The van der Waals surface area contributed by atoms with Gasteiger partial charge < -0.3 is 5.32 Å². The van der Waals surface area contributed by atoms with Gasteiger partial charge in [0.25, 0.3) is 5.91 Å². The van der Waals surface area contributed by atoms with Crippen LogP contribution < -0.4 is 5.32 Å². The zero-order valence-electron chi connectivity index (χ0n) is 11.4. The molecule has 0 unspecified atom stereocenters. The van der Waals surface area contributed by atoms with Crippen LogP contribution in [0.1, 0.15) is 40.1 Å². The Bertz CT molecular complexity index is 681. The summed E-state index contributed by atoms with van der Waals surface area (Å²) < 4.78 is 0. The van der Waals surface area contributed by atoms with E-state index >= 15 is 0 Å². The fourth-order valence-corrected chi connectivity index (χ4v) is 4.12. The van der Waals surface area contributed by atoms with E-state index < -0.39 is 0 Å². The zero-order chi connectivity index (χ0) is 14.8. The van der Waals surface area contributed by atoms with Crippen LogP contribution in [0.4, 0.5) is 5.69 Å². The predicted octanol–water partition coefficient (Wildman–Crippen LogP) is 5.58. The SMILES string of the molecule is O=C(Nc1cccc(Cl)c1Cl)c1csc2c1CCCCC2. The van der Waals surface area contributed by atoms with Crippen molar-refractivity contribution in [1.82, 2.24) is 0 Å². The van der Waals surface area contributed by atoms with Crippen molar-refractivity contribution in [3.63, 3.8) is 0 Å². The minimum absolute atomic E-state index is 0.0985. The smallest absolute Gasteiger partial charge is 0.256 e. The molecule has 1 aliphatic rings. The number of amides is 1. The molecule has 0 saturated carbocycles. The fraction of sp³-hybridized carbons (Fsp3) is 0.312. The number of hydrogen-bond donors (Lipinski definition) is 1. The third kappa shape index (κ3) is 3.10. The number of rotatable bonds is 2. The summed E-state index contributed by atoms with van der Waals surface area (Å²) in [6.45, 7) is 0. The van der Waals surface area contributed by atoms with Crippen LogP contribution in [0.25, 0.3) is 0 Å². The lowest BCUT2D eigenvalue weighted by Gasteiger charge is -2.09. The van der Waals surface area contributed by atoms with Crippen molar-refractivity contribution in [3.8, 4) is 0 Å². The van der Waals surface area contributed by atoms with Gasteiger partial charge in [0, 0.05) is 10.3 Å². The third-order valence-corrected chi connectivity index (χ3v) is 5.66. The van der Waals surface area contributed by atoms with E-state index in [-0.39, 0.29) is 5.91 Å². The van der Waals surface area contributed by atoms with Crippen molar-refractivity contribution in [2.45, 2.75) is 32.1 Å². The molecule has 0 spiro atoms. The Labute approximate surface area is 138 Å². The quantitative estimate of drug-likeness (QED) is 0.711. The van der Waals surface area contributed by atoms with Gasteiger partial charge in [-0.2, -0.15) is 0 Å². The van der Waals surface area contributed by atoms with Crippen molar-refractivity contribution in [2.75, 3.05) is 5.32 Å². The monoisotopic (exact) mass is 339 g/mol. The molecule has 3 rings (SSSR count). The Balaban J connectivity index is 1.86. The fourth-order valence-electron chi connectivity index (χ4n) is 2.65. The molecule has 0 fully saturated rings. The first kappa shape index (κ1) is 14.9. The van der Waals surface area contributed by atoms with Gasteiger partial charge in [0.1, 0.15) is 0 Å². The molecule has 1 amide bonds. The number of halogens is 2. The van der Waals surface area contributed by atoms with Crippen molar-refractivity contribution < 1.29 is 4.79 Å². The topological polar surface area (TPSA) is 29.1 Å². The average molecular weight is 340 g/mol. The number of hydrogen-bond acceptors (Lipinski definition) is 2. The number of carbonyl (C=O) groups is 1. The van der Waals surface area contributed by atoms with Crippen LogP contribution in [0.5, 0.6) is 0 Å². The Kier molecular flexibility index (Phi) is 4.53. The Morgan fingerprint density at radius 1 is 1.14 bits per heavy atom. The molecule has 1 N–H and O–H groups in total. The van der Waals surface area contributed by atoms with Crippen molar-refractivity contribution >= 4 is 46.1 Å². The second-order valence-electron chi connectivity index (χ2n) is 5.17. The van der Waals surface area contributed by atoms with E-state index in [1.165, 1.54) is 23.3 Å². The molecule has 0 radical (unpaired) electrons. The number of benzene rings is 1. The highest BCUT2D eigenvalue weighted by atomic mass is 35.5. The van der Waals surface area contributed by atoms with E-state index in [2.05, 4.69) is 5.32 Å². The summed E-state index contributed by atoms with van der Waals surface area (Å²) in [6, 6.07) is 5.24. The van der Waals surface area contributed by atoms with Gasteiger partial charge in [0.2, 0.25) is 0 Å². The maximum absolute atomic E-state index is 12.5. The summed E-state index contributed by atoms with van der Waals surface area (Å²) >= 11 is 13.8. The molecule has 0 aliphatic heterocycles. The summed E-state index contributed by atoms with van der Waals surface area (Å²) in [4.78, 5) is 13.9. The Morgan fingerprint density at radius 2 is 1.95 bits per heavy atom. The van der Waals surface area contributed by atoms with E-state index in [1.54, 1.807) is 29.5 Å². The van der Waals surface area contributed by atoms with Crippen LogP contribution in [-0.2, 0) is 12.8 Å². The predicted molar refractivity (Wildman–Crippen MR) is 90.0 cm³/mol. The highest BCUT2D eigenvalue weighted by Gasteiger charge is 2.20. The molecular weight excluding hydrogens is 325 g/mol. The molecule has 2 nitrogen and oxygen atoms in total. The first-order valence-corrected chi connectivity index (χ1v) is 8.65. The maximum Gasteiger partial charge on any atom is 0.256 e. The highest BCUT2D eigenvalue weighted by molar-refractivity contribution is 7.10. The van der Waals surface area contributed by atoms with E-state index in [0.29, 0.717) is 15.7 Å². The lowest BCUT2D eigenvalue weighted by molar-refractivity contribution is 0.102. The first-order chi connectivity index (χ1) is 10.2. The summed E-state index contributed by atoms with van der Waals surface area (Å²) in [7, 11) is 0. The molecule has 5 heteroatoms. The van der Waals surface area contributed by atoms with E-state index in [1.807, 2.05) is 5.38 Å². The van der Waals surface area contributed by atoms with Gasteiger partial charge in [-0.25, -0.2) is 0 Å². The molecule has 0 atom stereocenters. The summed E-state index contributed by atoms with van der Waals surface area (Å²) in [6.07, 6.45) is 5.69. The van der Waals surface area contributed by atoms with Gasteiger partial charge in [0.15, 0.2) is 0 Å². The summed E-state index contributed by atoms with van der Waals surface area (Å²) in [5, 5.41) is 5.66. The normalized spacial score (nSPS) is 14.4. The van der Waals surface area contributed by atoms with Crippen LogP contribution in [0.3, 0.4) is 0 Å². The van der Waals surface area contributed by atoms with Crippen LogP contribution >= 0.6 is 34.5 Å². The van der Waals surface area contributed by atoms with Gasteiger partial charge in [-0.1, -0.05) is 35.7 Å². The number of carbonyl (C=O) groups excluding carboxylic acids is 1. The number of thiophene rings is 1. The lowest BCUT2D eigenvalue weighted by Crippen LogP contribution is -2.13. The molecule has 1 heterocycles. The maximum atomic E-state index is 12.5. The van der Waals surface area contributed by atoms with E-state index in [0.717, 1.165) is 24.8 Å². The molecule has 1 aliphatic carbocycles. The summed E-state index contributed by atoms with van der Waals surface area (Å²) in [5.74, 6) is -0.0985. The number of aryl methyl sites for hydroxylation is 1. The minimum Gasteiger partial charge on any atom is -0.321 e. The second-order valence-corrected chi connectivity index (χ2v) is 6.92. The molecule has 21 heavy (non-hydrogen) atoms. The number of fused-ring (bicyclic) bond motifs is 1. The number of nitrogens with one attached hydrogen (secondary N) is 1. The standard InChI is InChI=1S/C16H15Cl2NOS/c17-12-6-4-7-13(15(12)18)19-16(20)11-9-21-14-8-3-1-2-5-10(11)14/h4,6-7,9H,1-3,5,8H2,(H,19,20). The molecule has 2 aromatic rings. The highest BCUT2D eigenvalue weighted by Crippen LogP contribution is 2.32. The molecule has 1 aromatic carbocycles. The molecule has 0 bridgehead atoms. The Morgan fingerprint density at radius 3 is 2.81 bits per heavy atom. The lowest BCUT2D eigenvalue weighted by atomic mass is 10.1. The van der Waals surface area contributed by atoms with Crippen molar-refractivity contribution in [3.05, 3.63) is 49.6 Å². The second kappa shape index (κ2) is 6.39. The zero-order valence-corrected chi connectivity index (χ0v) is 13.7. The Hall–Kier alpha value is -1.03. The molecule has 0 saturated heterocycles. The summed E-state index contributed by atoms with van der Waals surface area (Å²) in [5.41, 5.74) is 2.56. The van der Waals surface area contributed by atoms with Crippen LogP contribution in [-0.4, -0.2) is 5.91 Å².